The fourth-order valence-electron chi connectivity index (χ4n) is 5.38. The summed E-state index contributed by atoms with van der Waals surface area (Å²) in [6.45, 7) is 5.02. The van der Waals surface area contributed by atoms with Crippen LogP contribution < -0.4 is 24.4 Å². The molecule has 2 aromatic heterocycles. The third-order valence-electron chi connectivity index (χ3n) is 7.56. The average Bonchev–Trinajstić information content (AvgIpc) is 3.61. The van der Waals surface area contributed by atoms with Gasteiger partial charge in [-0.15, -0.1) is 0 Å². The lowest BCUT2D eigenvalue weighted by Crippen LogP contribution is -2.39. The largest absolute Gasteiger partial charge is 0.493 e. The second-order valence-electron chi connectivity index (χ2n) is 10.7. The molecule has 0 spiro atoms. The van der Waals surface area contributed by atoms with Crippen LogP contribution in [0, 0.1) is 6.92 Å². The summed E-state index contributed by atoms with van der Waals surface area (Å²) >= 11 is 1.22. The van der Waals surface area contributed by atoms with Gasteiger partial charge in [0.15, 0.2) is 16.3 Å². The molecule has 0 fully saturated rings. The van der Waals surface area contributed by atoms with Crippen molar-refractivity contribution in [2.24, 2.45) is 4.99 Å². The van der Waals surface area contributed by atoms with Crippen molar-refractivity contribution in [3.63, 3.8) is 0 Å². The number of ether oxygens (including phenoxy) is 3. The SMILES string of the molecule is COC(=O)C1=C(C)N=c2s/c(=C/c3cn(-c4ccccc4)nc3-c3ccc(C)cc3)c(=O)n2C1c1ccc(OC(C)=O)c(OC)c1. The van der Waals surface area contributed by atoms with Crippen molar-refractivity contribution < 1.29 is 23.8 Å². The lowest BCUT2D eigenvalue weighted by molar-refractivity contribution is -0.136. The summed E-state index contributed by atoms with van der Waals surface area (Å²) < 4.78 is 19.6. The van der Waals surface area contributed by atoms with E-state index >= 15 is 0 Å². The molecule has 3 aromatic carbocycles. The Bertz CT molecular complexity index is 2190. The number of esters is 2. The van der Waals surface area contributed by atoms with E-state index in [9.17, 15) is 14.4 Å². The highest BCUT2D eigenvalue weighted by atomic mass is 32.1. The number of aromatic nitrogens is 3. The predicted molar refractivity (Wildman–Crippen MR) is 174 cm³/mol. The van der Waals surface area contributed by atoms with Gasteiger partial charge in [-0.25, -0.2) is 14.5 Å². The molecule has 0 saturated carbocycles. The second-order valence-corrected chi connectivity index (χ2v) is 11.7. The third-order valence-corrected chi connectivity index (χ3v) is 8.54. The van der Waals surface area contributed by atoms with Crippen LogP contribution in [0.5, 0.6) is 11.5 Å². The maximum Gasteiger partial charge on any atom is 0.338 e. The topological polar surface area (TPSA) is 114 Å². The van der Waals surface area contributed by atoms with Gasteiger partial charge >= 0.3 is 11.9 Å². The number of hydrogen-bond donors (Lipinski definition) is 0. The molecule has 0 radical (unpaired) electrons. The zero-order chi connectivity index (χ0) is 32.5. The van der Waals surface area contributed by atoms with Gasteiger partial charge < -0.3 is 14.2 Å². The Morgan fingerprint density at radius 2 is 1.70 bits per heavy atom. The quantitative estimate of drug-likeness (QED) is 0.191. The van der Waals surface area contributed by atoms with Crippen molar-refractivity contribution in [1.82, 2.24) is 14.3 Å². The second kappa shape index (κ2) is 12.4. The normalized spacial score (nSPS) is 14.5. The molecule has 0 aliphatic carbocycles. The van der Waals surface area contributed by atoms with E-state index in [0.29, 0.717) is 26.3 Å². The first kappa shape index (κ1) is 30.5. The van der Waals surface area contributed by atoms with Crippen molar-refractivity contribution >= 4 is 29.4 Å². The molecule has 1 aliphatic rings. The van der Waals surface area contributed by atoms with Crippen molar-refractivity contribution in [1.29, 1.82) is 0 Å². The molecule has 0 bridgehead atoms. The Hall–Kier alpha value is -5.55. The van der Waals surface area contributed by atoms with Gasteiger partial charge in [0, 0.05) is 24.2 Å². The summed E-state index contributed by atoms with van der Waals surface area (Å²) in [6, 6.07) is 21.8. The van der Waals surface area contributed by atoms with E-state index in [1.54, 1.807) is 29.8 Å². The molecule has 0 N–H and O–H groups in total. The number of carbonyl (C=O) groups is 2. The molecule has 5 aromatic rings. The van der Waals surface area contributed by atoms with Crippen LogP contribution in [0.4, 0.5) is 0 Å². The van der Waals surface area contributed by atoms with Gasteiger partial charge in [0.1, 0.15) is 0 Å². The van der Waals surface area contributed by atoms with Crippen LogP contribution in [-0.4, -0.2) is 40.5 Å². The van der Waals surface area contributed by atoms with Crippen LogP contribution in [0.1, 0.15) is 36.6 Å². The highest BCUT2D eigenvalue weighted by Gasteiger charge is 2.34. The smallest absolute Gasteiger partial charge is 0.338 e. The van der Waals surface area contributed by atoms with Crippen LogP contribution in [-0.2, 0) is 14.3 Å². The number of fused-ring (bicyclic) bond motifs is 1. The summed E-state index contributed by atoms with van der Waals surface area (Å²) in [4.78, 5) is 44.1. The van der Waals surface area contributed by atoms with Crippen molar-refractivity contribution in [2.45, 2.75) is 26.8 Å². The Kier molecular flexibility index (Phi) is 8.25. The maximum atomic E-state index is 14.3. The van der Waals surface area contributed by atoms with Crippen molar-refractivity contribution in [2.75, 3.05) is 14.2 Å². The van der Waals surface area contributed by atoms with Gasteiger partial charge in [-0.2, -0.15) is 5.10 Å². The Morgan fingerprint density at radius 1 is 0.957 bits per heavy atom. The minimum atomic E-state index is -0.880. The molecule has 46 heavy (non-hydrogen) atoms. The number of aryl methyl sites for hydroxylation is 1. The number of carbonyl (C=O) groups excluding carboxylic acids is 2. The zero-order valence-corrected chi connectivity index (χ0v) is 26.6. The molecule has 1 atom stereocenters. The van der Waals surface area contributed by atoms with Crippen LogP contribution in [0.15, 0.2) is 100 Å². The third kappa shape index (κ3) is 5.68. The van der Waals surface area contributed by atoms with Crippen LogP contribution in [0.3, 0.4) is 0 Å². The van der Waals surface area contributed by atoms with Gasteiger partial charge in [-0.1, -0.05) is 65.4 Å². The van der Waals surface area contributed by atoms with Crippen molar-refractivity contribution in [3.8, 4) is 28.4 Å². The number of para-hydroxylation sites is 1. The zero-order valence-electron chi connectivity index (χ0n) is 25.8. The minimum absolute atomic E-state index is 0.209. The molecule has 0 saturated heterocycles. The highest BCUT2D eigenvalue weighted by Crippen LogP contribution is 2.36. The molecule has 1 unspecified atom stereocenters. The monoisotopic (exact) mass is 634 g/mol. The van der Waals surface area contributed by atoms with Gasteiger partial charge in [-0.05, 0) is 49.8 Å². The van der Waals surface area contributed by atoms with Crippen LogP contribution in [0.2, 0.25) is 0 Å². The molecular formula is C35H30N4O6S. The summed E-state index contributed by atoms with van der Waals surface area (Å²) in [5.41, 5.74) is 5.19. The first-order chi connectivity index (χ1) is 22.2. The number of thiazole rings is 1. The summed E-state index contributed by atoms with van der Waals surface area (Å²) in [5.74, 6) is -0.643. The maximum absolute atomic E-state index is 14.3. The fraction of sp³-hybridized carbons (Fsp3) is 0.171. The van der Waals surface area contributed by atoms with E-state index in [2.05, 4.69) is 4.99 Å². The molecule has 11 heteroatoms. The van der Waals surface area contributed by atoms with Crippen LogP contribution in [0.25, 0.3) is 23.0 Å². The molecule has 6 rings (SSSR count). The summed E-state index contributed by atoms with van der Waals surface area (Å²) in [5, 5.41) is 4.90. The van der Waals surface area contributed by atoms with Crippen LogP contribution >= 0.6 is 11.3 Å². The molecule has 1 aliphatic heterocycles. The number of methoxy groups -OCH3 is 2. The molecule has 232 valence electrons. The molecule has 3 heterocycles. The number of benzene rings is 3. The van der Waals surface area contributed by atoms with E-state index < -0.39 is 18.0 Å². The fourth-order valence-corrected chi connectivity index (χ4v) is 6.42. The minimum Gasteiger partial charge on any atom is -0.493 e. The van der Waals surface area contributed by atoms with Gasteiger partial charge in [0.2, 0.25) is 0 Å². The van der Waals surface area contributed by atoms with E-state index in [1.165, 1.54) is 37.0 Å². The summed E-state index contributed by atoms with van der Waals surface area (Å²) in [7, 11) is 2.73. The standard InChI is InChI=1S/C35H30N4O6S/c1-20-11-13-23(14-12-20)31-25(19-38(37-31)26-9-7-6-8-10-26)18-29-33(41)39-32(30(34(42)44-5)21(2)36-35(39)46-29)24-15-16-27(45-22(3)40)28(17-24)43-4/h6-19,32H,1-5H3/b29-18+. The van der Waals surface area contributed by atoms with E-state index in [4.69, 9.17) is 19.3 Å². The van der Waals surface area contributed by atoms with Gasteiger partial charge in [-0.3, -0.25) is 14.2 Å². The Labute approximate surface area is 268 Å². The molecule has 0 amide bonds. The predicted octanol–water partition coefficient (Wildman–Crippen LogP) is 4.50. The lowest BCUT2D eigenvalue weighted by Gasteiger charge is -2.25. The number of rotatable bonds is 7. The number of nitrogens with zero attached hydrogens (tertiary/aromatic N) is 4. The molecular weight excluding hydrogens is 604 g/mol. The Morgan fingerprint density at radius 3 is 2.37 bits per heavy atom. The number of hydrogen-bond acceptors (Lipinski definition) is 9. The van der Waals surface area contributed by atoms with Gasteiger partial charge in [0.05, 0.1) is 47.4 Å². The molecule has 10 nitrogen and oxygen atoms in total. The Balaban J connectivity index is 1.56. The van der Waals surface area contributed by atoms with E-state index in [-0.39, 0.29) is 22.6 Å². The summed E-state index contributed by atoms with van der Waals surface area (Å²) in [6.07, 6.45) is 3.70. The number of allylic oxidation sites excluding steroid dienone is 1. The van der Waals surface area contributed by atoms with E-state index in [1.807, 2.05) is 73.8 Å². The average molecular weight is 635 g/mol. The van der Waals surface area contributed by atoms with Gasteiger partial charge in [0.25, 0.3) is 5.56 Å². The highest BCUT2D eigenvalue weighted by molar-refractivity contribution is 7.07. The van der Waals surface area contributed by atoms with E-state index in [0.717, 1.165) is 22.4 Å². The van der Waals surface area contributed by atoms with Crippen molar-refractivity contribution in [3.05, 3.63) is 127 Å². The lowest BCUT2D eigenvalue weighted by atomic mass is 9.95. The first-order valence-electron chi connectivity index (χ1n) is 14.4. The first-order valence-corrected chi connectivity index (χ1v) is 15.2.